The first-order chi connectivity index (χ1) is 12.1. The maximum Gasteiger partial charge on any atom is 0.341 e. The molecule has 134 valence electrons. The number of anilines is 1. The average molecular weight is 360 g/mol. The zero-order valence-electron chi connectivity index (χ0n) is 14.8. The monoisotopic (exact) mass is 360 g/mol. The molecule has 0 atom stereocenters. The quantitative estimate of drug-likeness (QED) is 0.554. The van der Waals surface area contributed by atoms with Crippen LogP contribution in [0, 0.1) is 6.92 Å². The van der Waals surface area contributed by atoms with Crippen LogP contribution in [0.3, 0.4) is 0 Å². The third-order valence-corrected chi connectivity index (χ3v) is 4.49. The highest BCUT2D eigenvalue weighted by molar-refractivity contribution is 7.15. The molecule has 1 heterocycles. The van der Waals surface area contributed by atoms with Gasteiger partial charge in [-0.25, -0.2) is 4.79 Å². The number of hydrogen-bond acceptors (Lipinski definition) is 5. The van der Waals surface area contributed by atoms with Crippen molar-refractivity contribution in [2.75, 3.05) is 25.0 Å². The molecule has 0 spiro atoms. The van der Waals surface area contributed by atoms with Crippen molar-refractivity contribution in [3.05, 3.63) is 40.8 Å². The average Bonchev–Trinajstić information content (AvgIpc) is 2.99. The summed E-state index contributed by atoms with van der Waals surface area (Å²) in [5.74, 6) is -0.590. The lowest BCUT2D eigenvalue weighted by atomic mass is 10.0. The Labute approximate surface area is 152 Å². The summed E-state index contributed by atoms with van der Waals surface area (Å²) in [7, 11) is 0. The second-order valence-electron chi connectivity index (χ2n) is 5.66. The van der Waals surface area contributed by atoms with Crippen molar-refractivity contribution in [2.45, 2.75) is 27.2 Å². The van der Waals surface area contributed by atoms with Gasteiger partial charge in [-0.1, -0.05) is 36.8 Å². The first-order valence-electron chi connectivity index (χ1n) is 8.43. The fraction of sp³-hybridized carbons (Fsp3) is 0.368. The molecule has 0 saturated carbocycles. The standard InChI is InChI=1S/C19H24N2O3S/c1-4-10-20-11-16(22)21-18-17(19(23)24-5-2)15(12-25-18)14-8-6-13(3)7-9-14/h6-9,12,20H,4-5,10-11H2,1-3H3,(H,21,22). The molecule has 0 unspecified atom stereocenters. The van der Waals surface area contributed by atoms with E-state index in [0.717, 1.165) is 29.7 Å². The summed E-state index contributed by atoms with van der Waals surface area (Å²) in [6, 6.07) is 7.92. The molecule has 0 saturated heterocycles. The lowest BCUT2D eigenvalue weighted by molar-refractivity contribution is -0.115. The molecule has 0 aliphatic carbocycles. The van der Waals surface area contributed by atoms with Crippen molar-refractivity contribution in [1.29, 1.82) is 0 Å². The molecule has 0 fully saturated rings. The van der Waals surface area contributed by atoms with E-state index in [1.165, 1.54) is 11.3 Å². The van der Waals surface area contributed by atoms with Gasteiger partial charge in [0, 0.05) is 10.9 Å². The number of thiophene rings is 1. The predicted octanol–water partition coefficient (Wildman–Crippen LogP) is 3.84. The molecule has 5 nitrogen and oxygen atoms in total. The van der Waals surface area contributed by atoms with Crippen molar-refractivity contribution in [3.63, 3.8) is 0 Å². The number of nitrogens with one attached hydrogen (secondary N) is 2. The van der Waals surface area contributed by atoms with E-state index in [0.29, 0.717) is 10.6 Å². The molecule has 1 amide bonds. The maximum absolute atomic E-state index is 12.4. The van der Waals surface area contributed by atoms with E-state index < -0.39 is 5.97 Å². The van der Waals surface area contributed by atoms with Gasteiger partial charge < -0.3 is 15.4 Å². The highest BCUT2D eigenvalue weighted by Gasteiger charge is 2.22. The van der Waals surface area contributed by atoms with E-state index in [4.69, 9.17) is 4.74 Å². The molecule has 0 aliphatic rings. The van der Waals surface area contributed by atoms with E-state index in [1.807, 2.05) is 43.5 Å². The van der Waals surface area contributed by atoms with Crippen molar-refractivity contribution < 1.29 is 14.3 Å². The second-order valence-corrected chi connectivity index (χ2v) is 6.54. The summed E-state index contributed by atoms with van der Waals surface area (Å²) < 4.78 is 5.19. The van der Waals surface area contributed by atoms with Gasteiger partial charge in [0.15, 0.2) is 0 Å². The maximum atomic E-state index is 12.4. The molecule has 1 aromatic heterocycles. The lowest BCUT2D eigenvalue weighted by Crippen LogP contribution is -2.28. The minimum atomic E-state index is -0.420. The van der Waals surface area contributed by atoms with Crippen LogP contribution in [-0.4, -0.2) is 31.6 Å². The van der Waals surface area contributed by atoms with Crippen LogP contribution in [0.1, 0.15) is 36.2 Å². The van der Waals surface area contributed by atoms with Gasteiger partial charge in [-0.15, -0.1) is 11.3 Å². The second kappa shape index (κ2) is 9.34. The molecule has 0 aliphatic heterocycles. The third kappa shape index (κ3) is 5.14. The summed E-state index contributed by atoms with van der Waals surface area (Å²) >= 11 is 1.34. The van der Waals surface area contributed by atoms with Crippen molar-refractivity contribution >= 4 is 28.2 Å². The van der Waals surface area contributed by atoms with E-state index in [9.17, 15) is 9.59 Å². The SMILES string of the molecule is CCCNCC(=O)Nc1scc(-c2ccc(C)cc2)c1C(=O)OCC. The zero-order valence-corrected chi connectivity index (χ0v) is 15.7. The first-order valence-corrected chi connectivity index (χ1v) is 9.31. The molecule has 2 rings (SSSR count). The Hall–Kier alpha value is -2.18. The molecule has 6 heteroatoms. The Balaban J connectivity index is 2.29. The van der Waals surface area contributed by atoms with E-state index in [-0.39, 0.29) is 19.1 Å². The molecular formula is C19H24N2O3S. The van der Waals surface area contributed by atoms with Crippen LogP contribution in [0.15, 0.2) is 29.6 Å². The molecule has 2 N–H and O–H groups in total. The van der Waals surface area contributed by atoms with Crippen LogP contribution in [0.25, 0.3) is 11.1 Å². The minimum Gasteiger partial charge on any atom is -0.462 e. The van der Waals surface area contributed by atoms with Crippen LogP contribution in [-0.2, 0) is 9.53 Å². The van der Waals surface area contributed by atoms with Crippen LogP contribution in [0.5, 0.6) is 0 Å². The summed E-state index contributed by atoms with van der Waals surface area (Å²) in [4.78, 5) is 24.5. The van der Waals surface area contributed by atoms with Gasteiger partial charge in [0.05, 0.1) is 13.2 Å². The molecule has 0 bridgehead atoms. The summed E-state index contributed by atoms with van der Waals surface area (Å²) in [5, 5.41) is 8.28. The summed E-state index contributed by atoms with van der Waals surface area (Å²) in [5.41, 5.74) is 3.27. The Morgan fingerprint density at radius 1 is 1.16 bits per heavy atom. The number of benzene rings is 1. The Bertz CT molecular complexity index is 723. The van der Waals surface area contributed by atoms with Crippen molar-refractivity contribution in [3.8, 4) is 11.1 Å². The fourth-order valence-electron chi connectivity index (χ4n) is 2.35. The Kier molecular flexibility index (Phi) is 7.16. The number of aryl methyl sites for hydroxylation is 1. The predicted molar refractivity (Wildman–Crippen MR) is 102 cm³/mol. The van der Waals surface area contributed by atoms with Gasteiger partial charge in [-0.2, -0.15) is 0 Å². The van der Waals surface area contributed by atoms with Gasteiger partial charge in [-0.3, -0.25) is 4.79 Å². The number of carbonyl (C=O) groups excluding carboxylic acids is 2. The van der Waals surface area contributed by atoms with Crippen molar-refractivity contribution in [1.82, 2.24) is 5.32 Å². The van der Waals surface area contributed by atoms with Crippen LogP contribution >= 0.6 is 11.3 Å². The molecule has 1 aromatic carbocycles. The van der Waals surface area contributed by atoms with Gasteiger partial charge in [-0.05, 0) is 32.4 Å². The Morgan fingerprint density at radius 2 is 1.88 bits per heavy atom. The third-order valence-electron chi connectivity index (χ3n) is 3.60. The molecule has 2 aromatic rings. The number of amides is 1. The minimum absolute atomic E-state index is 0.170. The largest absolute Gasteiger partial charge is 0.462 e. The normalized spacial score (nSPS) is 10.5. The van der Waals surface area contributed by atoms with E-state index >= 15 is 0 Å². The summed E-state index contributed by atoms with van der Waals surface area (Å²) in [6.45, 7) is 7.09. The van der Waals surface area contributed by atoms with Crippen LogP contribution in [0.2, 0.25) is 0 Å². The van der Waals surface area contributed by atoms with Gasteiger partial charge in [0.2, 0.25) is 5.91 Å². The number of esters is 1. The lowest BCUT2D eigenvalue weighted by Gasteiger charge is -2.09. The molecule has 0 radical (unpaired) electrons. The number of hydrogen-bond donors (Lipinski definition) is 2. The highest BCUT2D eigenvalue weighted by Crippen LogP contribution is 2.36. The topological polar surface area (TPSA) is 67.4 Å². The Morgan fingerprint density at radius 3 is 2.52 bits per heavy atom. The molecular weight excluding hydrogens is 336 g/mol. The summed E-state index contributed by atoms with van der Waals surface area (Å²) in [6.07, 6.45) is 0.956. The molecule has 25 heavy (non-hydrogen) atoms. The van der Waals surface area contributed by atoms with Crippen LogP contribution < -0.4 is 10.6 Å². The zero-order chi connectivity index (χ0) is 18.2. The van der Waals surface area contributed by atoms with Gasteiger partial charge >= 0.3 is 5.97 Å². The number of ether oxygens (including phenoxy) is 1. The van der Waals surface area contributed by atoms with Crippen LogP contribution in [0.4, 0.5) is 5.00 Å². The number of carbonyl (C=O) groups is 2. The highest BCUT2D eigenvalue weighted by atomic mass is 32.1. The van der Waals surface area contributed by atoms with Gasteiger partial charge in [0.25, 0.3) is 0 Å². The smallest absolute Gasteiger partial charge is 0.341 e. The van der Waals surface area contributed by atoms with E-state index in [2.05, 4.69) is 10.6 Å². The number of rotatable bonds is 8. The first kappa shape index (κ1) is 19.1. The fourth-order valence-corrected chi connectivity index (χ4v) is 3.32. The van der Waals surface area contributed by atoms with Gasteiger partial charge in [0.1, 0.15) is 10.6 Å². The van der Waals surface area contributed by atoms with E-state index in [1.54, 1.807) is 6.92 Å². The van der Waals surface area contributed by atoms with Crippen molar-refractivity contribution in [2.24, 2.45) is 0 Å².